The fraction of sp³-hybridized carbons (Fsp3) is 0.333. The standard InChI is InChI=1S/C21H24N2O2S/c1-15-3-11-19(12-4-15)26-14-20(24)23(2)13-16-5-7-17(8-6-16)21(25)22-18-9-10-18/h3-8,11-12,18H,9-10,13-14H2,1-2H3,(H,22,25). The molecule has 1 N–H and O–H groups in total. The van der Waals surface area contributed by atoms with Gasteiger partial charge in [0, 0.05) is 30.1 Å². The molecule has 0 atom stereocenters. The number of hydrogen-bond donors (Lipinski definition) is 1. The smallest absolute Gasteiger partial charge is 0.251 e. The van der Waals surface area contributed by atoms with Crippen LogP contribution in [-0.2, 0) is 11.3 Å². The highest BCUT2D eigenvalue weighted by Gasteiger charge is 2.23. The second kappa shape index (κ2) is 8.41. The molecule has 136 valence electrons. The van der Waals surface area contributed by atoms with E-state index in [0.717, 1.165) is 23.3 Å². The number of rotatable bonds is 7. The first-order valence-electron chi connectivity index (χ1n) is 8.84. The van der Waals surface area contributed by atoms with Gasteiger partial charge in [0.05, 0.1) is 5.75 Å². The quantitative estimate of drug-likeness (QED) is 0.759. The summed E-state index contributed by atoms with van der Waals surface area (Å²) in [5.41, 5.74) is 2.90. The van der Waals surface area contributed by atoms with Crippen LogP contribution in [0.25, 0.3) is 0 Å². The van der Waals surface area contributed by atoms with Gasteiger partial charge in [0.15, 0.2) is 0 Å². The molecular formula is C21H24N2O2S. The third kappa shape index (κ3) is 5.36. The summed E-state index contributed by atoms with van der Waals surface area (Å²) in [6.45, 7) is 2.59. The largest absolute Gasteiger partial charge is 0.349 e. The Morgan fingerprint density at radius 3 is 2.35 bits per heavy atom. The van der Waals surface area contributed by atoms with Crippen LogP contribution in [0.3, 0.4) is 0 Å². The topological polar surface area (TPSA) is 49.4 Å². The summed E-state index contributed by atoms with van der Waals surface area (Å²) in [6, 6.07) is 16.0. The highest BCUT2D eigenvalue weighted by Crippen LogP contribution is 2.20. The van der Waals surface area contributed by atoms with Crippen molar-refractivity contribution in [2.75, 3.05) is 12.8 Å². The molecule has 2 aromatic carbocycles. The first-order chi connectivity index (χ1) is 12.5. The Morgan fingerprint density at radius 2 is 1.73 bits per heavy atom. The fourth-order valence-electron chi connectivity index (χ4n) is 2.51. The second-order valence-corrected chi connectivity index (χ2v) is 7.84. The lowest BCUT2D eigenvalue weighted by Crippen LogP contribution is -2.28. The molecule has 0 spiro atoms. The van der Waals surface area contributed by atoms with Crippen LogP contribution in [0.2, 0.25) is 0 Å². The van der Waals surface area contributed by atoms with Crippen molar-refractivity contribution in [3.05, 3.63) is 65.2 Å². The minimum atomic E-state index is -0.0158. The molecule has 0 heterocycles. The molecule has 0 unspecified atom stereocenters. The molecule has 1 fully saturated rings. The van der Waals surface area contributed by atoms with Crippen LogP contribution in [0.15, 0.2) is 53.4 Å². The van der Waals surface area contributed by atoms with Crippen molar-refractivity contribution in [3.8, 4) is 0 Å². The molecule has 5 heteroatoms. The molecular weight excluding hydrogens is 344 g/mol. The van der Waals surface area contributed by atoms with Gasteiger partial charge in [-0.05, 0) is 49.6 Å². The Morgan fingerprint density at radius 1 is 1.08 bits per heavy atom. The van der Waals surface area contributed by atoms with E-state index < -0.39 is 0 Å². The van der Waals surface area contributed by atoms with E-state index in [1.165, 1.54) is 5.56 Å². The van der Waals surface area contributed by atoms with Gasteiger partial charge in [0.25, 0.3) is 5.91 Å². The molecule has 0 aromatic heterocycles. The summed E-state index contributed by atoms with van der Waals surface area (Å²) in [5.74, 6) is 0.491. The van der Waals surface area contributed by atoms with Crippen LogP contribution in [0.1, 0.15) is 34.3 Å². The summed E-state index contributed by atoms with van der Waals surface area (Å²) in [7, 11) is 1.81. The SMILES string of the molecule is Cc1ccc(SCC(=O)N(C)Cc2ccc(C(=O)NC3CC3)cc2)cc1. The maximum absolute atomic E-state index is 12.3. The van der Waals surface area contributed by atoms with Gasteiger partial charge in [0.1, 0.15) is 0 Å². The second-order valence-electron chi connectivity index (χ2n) is 6.80. The van der Waals surface area contributed by atoms with Crippen molar-refractivity contribution in [2.45, 2.75) is 37.2 Å². The first-order valence-corrected chi connectivity index (χ1v) is 9.83. The molecule has 3 rings (SSSR count). The first kappa shape index (κ1) is 18.5. The number of aryl methyl sites for hydroxylation is 1. The lowest BCUT2D eigenvalue weighted by Gasteiger charge is -2.17. The number of carbonyl (C=O) groups excluding carboxylic acids is 2. The Balaban J connectivity index is 1.48. The maximum Gasteiger partial charge on any atom is 0.251 e. The third-order valence-electron chi connectivity index (χ3n) is 4.36. The van der Waals surface area contributed by atoms with E-state index >= 15 is 0 Å². The van der Waals surface area contributed by atoms with E-state index in [1.807, 2.05) is 50.4 Å². The van der Waals surface area contributed by atoms with Crippen LogP contribution in [0.4, 0.5) is 0 Å². The number of benzene rings is 2. The molecule has 4 nitrogen and oxygen atoms in total. The Bertz CT molecular complexity index is 768. The van der Waals surface area contributed by atoms with Crippen molar-refractivity contribution in [1.82, 2.24) is 10.2 Å². The number of nitrogens with zero attached hydrogens (tertiary/aromatic N) is 1. The molecule has 0 saturated heterocycles. The summed E-state index contributed by atoms with van der Waals surface area (Å²) in [6.07, 6.45) is 2.16. The summed E-state index contributed by atoms with van der Waals surface area (Å²) < 4.78 is 0. The third-order valence-corrected chi connectivity index (χ3v) is 5.35. The molecule has 26 heavy (non-hydrogen) atoms. The van der Waals surface area contributed by atoms with Crippen LogP contribution >= 0.6 is 11.8 Å². The minimum absolute atomic E-state index is 0.0158. The summed E-state index contributed by atoms with van der Waals surface area (Å²) >= 11 is 1.55. The van der Waals surface area contributed by atoms with Gasteiger partial charge < -0.3 is 10.2 Å². The van der Waals surface area contributed by atoms with Gasteiger partial charge in [-0.2, -0.15) is 0 Å². The van der Waals surface area contributed by atoms with Crippen LogP contribution in [-0.4, -0.2) is 35.6 Å². The van der Waals surface area contributed by atoms with Crippen molar-refractivity contribution in [1.29, 1.82) is 0 Å². The Kier molecular flexibility index (Phi) is 5.99. The van der Waals surface area contributed by atoms with E-state index in [2.05, 4.69) is 17.4 Å². The summed E-state index contributed by atoms with van der Waals surface area (Å²) in [5, 5.41) is 2.98. The average Bonchev–Trinajstić information content (AvgIpc) is 3.45. The van der Waals surface area contributed by atoms with E-state index in [4.69, 9.17) is 0 Å². The van der Waals surface area contributed by atoms with Crippen LogP contribution in [0.5, 0.6) is 0 Å². The van der Waals surface area contributed by atoms with E-state index in [1.54, 1.807) is 16.7 Å². The highest BCUT2D eigenvalue weighted by atomic mass is 32.2. The minimum Gasteiger partial charge on any atom is -0.349 e. The van der Waals surface area contributed by atoms with Gasteiger partial charge in [-0.25, -0.2) is 0 Å². The van der Waals surface area contributed by atoms with Gasteiger partial charge in [-0.3, -0.25) is 9.59 Å². The van der Waals surface area contributed by atoms with Crippen LogP contribution in [0, 0.1) is 6.92 Å². The fourth-order valence-corrected chi connectivity index (χ4v) is 3.35. The molecule has 0 bridgehead atoms. The van der Waals surface area contributed by atoms with E-state index in [-0.39, 0.29) is 11.8 Å². The normalized spacial score (nSPS) is 13.3. The van der Waals surface area contributed by atoms with E-state index in [0.29, 0.717) is 23.9 Å². The predicted octanol–water partition coefficient (Wildman–Crippen LogP) is 3.64. The summed E-state index contributed by atoms with van der Waals surface area (Å²) in [4.78, 5) is 27.2. The van der Waals surface area contributed by atoms with Crippen LogP contribution < -0.4 is 5.32 Å². The molecule has 2 amide bonds. The lowest BCUT2D eigenvalue weighted by molar-refractivity contribution is -0.127. The number of amides is 2. The van der Waals surface area contributed by atoms with E-state index in [9.17, 15) is 9.59 Å². The van der Waals surface area contributed by atoms with Gasteiger partial charge in [-0.1, -0.05) is 29.8 Å². The van der Waals surface area contributed by atoms with Gasteiger partial charge in [0.2, 0.25) is 5.91 Å². The zero-order valence-electron chi connectivity index (χ0n) is 15.2. The number of nitrogens with one attached hydrogen (secondary N) is 1. The average molecular weight is 369 g/mol. The molecule has 2 aromatic rings. The predicted molar refractivity (Wildman–Crippen MR) is 105 cm³/mol. The number of carbonyl (C=O) groups is 2. The molecule has 0 aliphatic heterocycles. The van der Waals surface area contributed by atoms with Crippen molar-refractivity contribution in [3.63, 3.8) is 0 Å². The maximum atomic E-state index is 12.3. The number of hydrogen-bond acceptors (Lipinski definition) is 3. The highest BCUT2D eigenvalue weighted by molar-refractivity contribution is 8.00. The monoisotopic (exact) mass is 368 g/mol. The molecule has 1 saturated carbocycles. The number of thioether (sulfide) groups is 1. The molecule has 0 radical (unpaired) electrons. The van der Waals surface area contributed by atoms with Crippen molar-refractivity contribution in [2.24, 2.45) is 0 Å². The lowest BCUT2D eigenvalue weighted by atomic mass is 10.1. The van der Waals surface area contributed by atoms with Crippen molar-refractivity contribution < 1.29 is 9.59 Å². The van der Waals surface area contributed by atoms with Crippen molar-refractivity contribution >= 4 is 23.6 Å². The molecule has 1 aliphatic carbocycles. The van der Waals surface area contributed by atoms with Gasteiger partial charge >= 0.3 is 0 Å². The molecule has 1 aliphatic rings. The Hall–Kier alpha value is -2.27. The Labute approximate surface area is 159 Å². The zero-order chi connectivity index (χ0) is 18.5. The van der Waals surface area contributed by atoms with Gasteiger partial charge in [-0.15, -0.1) is 11.8 Å². The zero-order valence-corrected chi connectivity index (χ0v) is 16.0.